The van der Waals surface area contributed by atoms with Gasteiger partial charge >= 0.3 is 0 Å². The topological polar surface area (TPSA) is 63.1 Å². The number of pyridine rings is 2. The third-order valence-corrected chi connectivity index (χ3v) is 13.3. The van der Waals surface area contributed by atoms with Crippen molar-refractivity contribution in [1.29, 1.82) is 0 Å². The van der Waals surface area contributed by atoms with Crippen molar-refractivity contribution in [2.75, 3.05) is 0 Å². The molecule has 3 heterocycles. The zero-order valence-corrected chi connectivity index (χ0v) is 36.9. The average Bonchev–Trinajstić information content (AvgIpc) is 3.60. The van der Waals surface area contributed by atoms with E-state index in [1.54, 1.807) is 0 Å². The molecule has 4 nitrogen and oxygen atoms in total. The first-order valence-corrected chi connectivity index (χ1v) is 20.6. The molecule has 1 N–H and O–H groups in total. The molecule has 0 bridgehead atoms. The summed E-state index contributed by atoms with van der Waals surface area (Å²) in [5, 5.41) is 13.7. The van der Waals surface area contributed by atoms with E-state index in [1.165, 1.54) is 59.8 Å². The molecular formula is C49H55IrN2O2S-. The molecule has 0 atom stereocenters. The average molecular weight is 928 g/mol. The Morgan fingerprint density at radius 2 is 1.56 bits per heavy atom. The maximum Gasteiger partial charge on any atom is 0.164 e. The Morgan fingerprint density at radius 1 is 0.891 bits per heavy atom. The van der Waals surface area contributed by atoms with Gasteiger partial charge in [0.15, 0.2) is 5.78 Å². The fourth-order valence-electron chi connectivity index (χ4n) is 7.55. The van der Waals surface area contributed by atoms with Crippen LogP contribution in [-0.2, 0) is 44.2 Å². The van der Waals surface area contributed by atoms with E-state index in [9.17, 15) is 9.90 Å². The van der Waals surface area contributed by atoms with Crippen LogP contribution in [0.25, 0.3) is 54.4 Å². The smallest absolute Gasteiger partial charge is 0.164 e. The van der Waals surface area contributed by atoms with Crippen LogP contribution in [0.3, 0.4) is 0 Å². The summed E-state index contributed by atoms with van der Waals surface area (Å²) in [5.41, 5.74) is 9.38. The van der Waals surface area contributed by atoms with Crippen molar-refractivity contribution in [2.24, 2.45) is 16.7 Å². The largest absolute Gasteiger partial charge is 0.512 e. The van der Waals surface area contributed by atoms with Gasteiger partial charge in [-0.3, -0.25) is 14.8 Å². The molecule has 6 aromatic rings. The minimum Gasteiger partial charge on any atom is -0.512 e. The first-order valence-electron chi connectivity index (χ1n) is 19.8. The van der Waals surface area contributed by atoms with Crippen molar-refractivity contribution in [2.45, 2.75) is 100 Å². The third kappa shape index (κ3) is 8.58. The molecule has 289 valence electrons. The quantitative estimate of drug-likeness (QED) is 0.0799. The maximum atomic E-state index is 12.2. The van der Waals surface area contributed by atoms with Gasteiger partial charge in [-0.1, -0.05) is 120 Å². The molecule has 3 aromatic carbocycles. The Hall–Kier alpha value is -3.96. The van der Waals surface area contributed by atoms with E-state index >= 15 is 0 Å². The van der Waals surface area contributed by atoms with Gasteiger partial charge in [0.2, 0.25) is 0 Å². The van der Waals surface area contributed by atoms with Crippen LogP contribution in [0.4, 0.5) is 0 Å². The normalized spacial score (nSPS) is 12.9. The molecule has 0 saturated carbocycles. The van der Waals surface area contributed by atoms with Crippen LogP contribution >= 0.6 is 11.3 Å². The van der Waals surface area contributed by atoms with Gasteiger partial charge in [-0.15, -0.1) is 34.9 Å². The molecule has 1 aliphatic rings. The number of nitrogens with zero attached hydrogens (tertiary/aromatic N) is 2. The second-order valence-electron chi connectivity index (χ2n) is 15.8. The summed E-state index contributed by atoms with van der Waals surface area (Å²) in [6.45, 7) is 16.7. The van der Waals surface area contributed by atoms with Gasteiger partial charge in [0.05, 0.1) is 0 Å². The van der Waals surface area contributed by atoms with E-state index in [-0.39, 0.29) is 42.5 Å². The summed E-state index contributed by atoms with van der Waals surface area (Å²) in [5.74, 6) is 0.892. The molecule has 0 amide bonds. The van der Waals surface area contributed by atoms with Crippen molar-refractivity contribution in [3.05, 3.63) is 119 Å². The van der Waals surface area contributed by atoms with Gasteiger partial charge in [-0.2, -0.15) is 0 Å². The van der Waals surface area contributed by atoms with Crippen molar-refractivity contribution >= 4 is 38.0 Å². The number of ketones is 1. The second kappa shape index (κ2) is 17.9. The number of benzene rings is 3. The van der Waals surface area contributed by atoms with E-state index in [4.69, 9.17) is 9.97 Å². The van der Waals surface area contributed by atoms with Gasteiger partial charge in [-0.25, -0.2) is 0 Å². The Kier molecular flexibility index (Phi) is 13.7. The molecule has 1 aliphatic carbocycles. The summed E-state index contributed by atoms with van der Waals surface area (Å²) in [4.78, 5) is 23.3. The predicted octanol–water partition coefficient (Wildman–Crippen LogP) is 13.6. The van der Waals surface area contributed by atoms with E-state index in [1.807, 2.05) is 59.1 Å². The van der Waals surface area contributed by atoms with Crippen molar-refractivity contribution in [3.63, 3.8) is 0 Å². The zero-order valence-electron chi connectivity index (χ0n) is 33.7. The number of fused-ring (bicyclic) bond motifs is 6. The number of carbonyl (C=O) groups is 1. The van der Waals surface area contributed by atoms with E-state index in [2.05, 4.69) is 99.0 Å². The molecule has 55 heavy (non-hydrogen) atoms. The van der Waals surface area contributed by atoms with Crippen molar-refractivity contribution in [1.82, 2.24) is 9.97 Å². The molecule has 6 heteroatoms. The number of carbonyl (C=O) groups excluding carboxylic acids is 1. The zero-order chi connectivity index (χ0) is 38.6. The minimum absolute atomic E-state index is 0. The minimum atomic E-state index is -0.337. The molecule has 0 aliphatic heterocycles. The van der Waals surface area contributed by atoms with Crippen molar-refractivity contribution < 1.29 is 30.0 Å². The Morgan fingerprint density at radius 3 is 2.24 bits per heavy atom. The number of aliphatic hydroxyl groups excluding tert-OH is 1. The monoisotopic (exact) mass is 928 g/mol. The molecule has 0 fully saturated rings. The molecule has 0 spiro atoms. The van der Waals surface area contributed by atoms with Crippen molar-refractivity contribution in [3.8, 4) is 33.5 Å². The van der Waals surface area contributed by atoms with Crippen LogP contribution in [0.2, 0.25) is 0 Å². The number of aryl methyl sites for hydroxylation is 1. The maximum absolute atomic E-state index is 12.2. The van der Waals surface area contributed by atoms with Crippen LogP contribution < -0.4 is 0 Å². The van der Waals surface area contributed by atoms with Gasteiger partial charge in [0.25, 0.3) is 0 Å². The van der Waals surface area contributed by atoms with E-state index < -0.39 is 0 Å². The molecular weight excluding hydrogens is 873 g/mol. The predicted molar refractivity (Wildman–Crippen MR) is 229 cm³/mol. The van der Waals surface area contributed by atoms with E-state index in [0.717, 1.165) is 61.6 Å². The van der Waals surface area contributed by atoms with Crippen LogP contribution in [0, 0.1) is 22.8 Å². The molecule has 3 aromatic heterocycles. The van der Waals surface area contributed by atoms with Crippen LogP contribution in [0.15, 0.2) is 97.2 Å². The second-order valence-corrected chi connectivity index (χ2v) is 16.9. The fraction of sp³-hybridized carbons (Fsp3) is 0.367. The summed E-state index contributed by atoms with van der Waals surface area (Å²) in [6, 6.07) is 27.4. The molecule has 0 saturated heterocycles. The summed E-state index contributed by atoms with van der Waals surface area (Å²) in [7, 11) is 0. The molecule has 1 radical (unpaired) electrons. The number of thiophene rings is 1. The Balaban J connectivity index is 0.000000276. The van der Waals surface area contributed by atoms with Crippen LogP contribution in [0.1, 0.15) is 97.1 Å². The number of aromatic nitrogens is 2. The number of aliphatic hydroxyl groups is 1. The number of allylic oxidation sites excluding steroid dienone is 2. The number of rotatable bonds is 11. The van der Waals surface area contributed by atoms with Gasteiger partial charge in [0, 0.05) is 76.4 Å². The Labute approximate surface area is 345 Å². The first-order chi connectivity index (χ1) is 26.0. The summed E-state index contributed by atoms with van der Waals surface area (Å²) >= 11 is 1.91. The standard InChI is InChI=1S/C34H27N2S.C15H28O2.Ir/c1-21(2)16-25-19-35-20-29-27(25)12-13-30-32(29)33-31(37-30)14-15-36-34(33)24-17-23-10-6-7-11-26(23)28(18-24)22-8-4-3-5-9-22;1-7-14(5,8-2)12(16)11-13(17)15(6,9-3)10-4;/h3-11,14-15,18-21H,12-13,16H2,1-2H3;11,16H,7-10H2,1-6H3;/q-1;;/b;12-11-;. The van der Waals surface area contributed by atoms with Gasteiger partial charge < -0.3 is 5.11 Å². The Bertz CT molecular complexity index is 2300. The fourth-order valence-corrected chi connectivity index (χ4v) is 8.77. The van der Waals surface area contributed by atoms with E-state index in [0.29, 0.717) is 5.92 Å². The molecule has 7 rings (SSSR count). The summed E-state index contributed by atoms with van der Waals surface area (Å²) in [6.07, 6.45) is 14.1. The summed E-state index contributed by atoms with van der Waals surface area (Å²) < 4.78 is 1.29. The number of hydrogen-bond donors (Lipinski definition) is 1. The van der Waals surface area contributed by atoms with Gasteiger partial charge in [0.1, 0.15) is 5.76 Å². The SMILES string of the molecule is CC(C)Cc1cncc2c1CCc1sc3ccnc(-c4[c-]c5ccccc5c(-c5ccccc5)c4)c3c1-2.CCC(C)(CC)C(=O)/C=C(\O)C(C)(CC)CC.[Ir]. The van der Waals surface area contributed by atoms with Crippen LogP contribution in [-0.4, -0.2) is 20.9 Å². The molecule has 0 unspecified atom stereocenters. The van der Waals surface area contributed by atoms with Crippen LogP contribution in [0.5, 0.6) is 0 Å². The third-order valence-electron chi connectivity index (χ3n) is 12.0. The number of hydrogen-bond acceptors (Lipinski definition) is 5. The first kappa shape index (κ1) is 42.2. The van der Waals surface area contributed by atoms with Gasteiger partial charge in [-0.05, 0) is 84.6 Å².